The van der Waals surface area contributed by atoms with Crippen molar-refractivity contribution < 1.29 is 13.2 Å². The van der Waals surface area contributed by atoms with Crippen molar-refractivity contribution in [2.24, 2.45) is 0 Å². The first-order valence-electron chi connectivity index (χ1n) is 4.35. The maximum Gasteiger partial charge on any atom is 0.417 e. The van der Waals surface area contributed by atoms with E-state index in [2.05, 4.69) is 25.9 Å². The van der Waals surface area contributed by atoms with Crippen LogP contribution in [-0.2, 0) is 6.18 Å². The number of H-pyrrole nitrogens is 1. The smallest absolute Gasteiger partial charge is 0.345 e. The third kappa shape index (κ3) is 2.11. The van der Waals surface area contributed by atoms with Crippen LogP contribution in [-0.4, -0.2) is 9.97 Å². The maximum absolute atomic E-state index is 12.5. The van der Waals surface area contributed by atoms with Crippen molar-refractivity contribution in [2.75, 3.05) is 0 Å². The van der Waals surface area contributed by atoms with Crippen LogP contribution >= 0.6 is 15.9 Å². The summed E-state index contributed by atoms with van der Waals surface area (Å²) in [6, 6.07) is 3.80. The van der Waals surface area contributed by atoms with E-state index in [1.54, 1.807) is 12.4 Å². The Morgan fingerprint density at radius 3 is 2.50 bits per heavy atom. The molecule has 2 rings (SSSR count). The second-order valence-corrected chi connectivity index (χ2v) is 3.98. The number of hydrogen-bond donors (Lipinski definition) is 1. The van der Waals surface area contributed by atoms with Crippen LogP contribution < -0.4 is 0 Å². The summed E-state index contributed by atoms with van der Waals surface area (Å²) in [5.41, 5.74) is -0.0901. The Bertz CT molecular complexity index is 491. The highest BCUT2D eigenvalue weighted by Crippen LogP contribution is 2.36. The standard InChI is InChI=1S/C10H6BrF3N2/c11-8-5-6(9-15-3-4-16-9)1-2-7(8)10(12,13)14/h1-5H,(H,15,16). The molecule has 0 fully saturated rings. The van der Waals surface area contributed by atoms with Gasteiger partial charge in [0.15, 0.2) is 0 Å². The maximum atomic E-state index is 12.5. The highest BCUT2D eigenvalue weighted by atomic mass is 79.9. The number of hydrogen-bond acceptors (Lipinski definition) is 1. The molecule has 0 atom stereocenters. The van der Waals surface area contributed by atoms with Crippen molar-refractivity contribution >= 4 is 15.9 Å². The van der Waals surface area contributed by atoms with Gasteiger partial charge in [-0.1, -0.05) is 22.0 Å². The molecule has 0 amide bonds. The summed E-state index contributed by atoms with van der Waals surface area (Å²) in [7, 11) is 0. The largest absolute Gasteiger partial charge is 0.417 e. The van der Waals surface area contributed by atoms with Crippen molar-refractivity contribution in [1.82, 2.24) is 9.97 Å². The lowest BCUT2D eigenvalue weighted by molar-refractivity contribution is -0.138. The van der Waals surface area contributed by atoms with Crippen LogP contribution in [0, 0.1) is 0 Å². The zero-order chi connectivity index (χ0) is 11.8. The number of imidazole rings is 1. The molecular formula is C10H6BrF3N2. The number of aromatic amines is 1. The summed E-state index contributed by atoms with van der Waals surface area (Å²) in [6.07, 6.45) is -1.19. The van der Waals surface area contributed by atoms with E-state index in [4.69, 9.17) is 0 Å². The van der Waals surface area contributed by atoms with Gasteiger partial charge in [0.2, 0.25) is 0 Å². The first-order chi connectivity index (χ1) is 7.48. The lowest BCUT2D eigenvalue weighted by Crippen LogP contribution is -2.05. The molecule has 0 aliphatic rings. The van der Waals surface area contributed by atoms with Gasteiger partial charge in [-0.3, -0.25) is 0 Å². The third-order valence-corrected chi connectivity index (χ3v) is 2.70. The van der Waals surface area contributed by atoms with Gasteiger partial charge in [-0.15, -0.1) is 0 Å². The predicted molar refractivity (Wildman–Crippen MR) is 56.7 cm³/mol. The van der Waals surface area contributed by atoms with E-state index in [1.807, 2.05) is 0 Å². The van der Waals surface area contributed by atoms with Gasteiger partial charge in [0, 0.05) is 22.4 Å². The van der Waals surface area contributed by atoms with Gasteiger partial charge in [0.25, 0.3) is 0 Å². The number of rotatable bonds is 1. The molecule has 0 saturated carbocycles. The van der Waals surface area contributed by atoms with Crippen LogP contribution in [0.1, 0.15) is 5.56 Å². The quantitative estimate of drug-likeness (QED) is 0.849. The Hall–Kier alpha value is -1.30. The molecule has 0 aliphatic heterocycles. The molecule has 0 aliphatic carbocycles. The zero-order valence-corrected chi connectivity index (χ0v) is 9.43. The molecule has 1 aromatic carbocycles. The van der Waals surface area contributed by atoms with Crippen molar-refractivity contribution in [1.29, 1.82) is 0 Å². The second kappa shape index (κ2) is 3.93. The Morgan fingerprint density at radius 1 is 1.25 bits per heavy atom. The molecule has 1 N–H and O–H groups in total. The van der Waals surface area contributed by atoms with E-state index in [-0.39, 0.29) is 4.47 Å². The number of aromatic nitrogens is 2. The van der Waals surface area contributed by atoms with Crippen LogP contribution in [0.4, 0.5) is 13.2 Å². The van der Waals surface area contributed by atoms with Gasteiger partial charge in [-0.05, 0) is 12.1 Å². The lowest BCUT2D eigenvalue weighted by atomic mass is 10.1. The van der Waals surface area contributed by atoms with E-state index in [0.29, 0.717) is 11.4 Å². The van der Waals surface area contributed by atoms with E-state index in [0.717, 1.165) is 6.07 Å². The summed E-state index contributed by atoms with van der Waals surface area (Å²) in [5, 5.41) is 0. The minimum absolute atomic E-state index is 0.00824. The van der Waals surface area contributed by atoms with Crippen LogP contribution in [0.3, 0.4) is 0 Å². The number of alkyl halides is 3. The number of halogens is 4. The van der Waals surface area contributed by atoms with E-state index in [9.17, 15) is 13.2 Å². The molecule has 6 heteroatoms. The SMILES string of the molecule is FC(F)(F)c1ccc(-c2ncc[nH]2)cc1Br. The Balaban J connectivity index is 2.45. The molecule has 2 aromatic rings. The minimum Gasteiger partial charge on any atom is -0.345 e. The molecular weight excluding hydrogens is 285 g/mol. The molecule has 0 bridgehead atoms. The van der Waals surface area contributed by atoms with Crippen molar-refractivity contribution in [3.8, 4) is 11.4 Å². The van der Waals surface area contributed by atoms with Gasteiger partial charge in [-0.2, -0.15) is 13.2 Å². The Kier molecular flexibility index (Phi) is 2.75. The zero-order valence-electron chi connectivity index (χ0n) is 7.85. The summed E-state index contributed by atoms with van der Waals surface area (Å²) < 4.78 is 37.4. The topological polar surface area (TPSA) is 28.7 Å². The minimum atomic E-state index is -4.35. The molecule has 2 nitrogen and oxygen atoms in total. The summed E-state index contributed by atoms with van der Waals surface area (Å²) >= 11 is 2.91. The van der Waals surface area contributed by atoms with E-state index in [1.165, 1.54) is 12.1 Å². The number of nitrogens with zero attached hydrogens (tertiary/aromatic N) is 1. The van der Waals surface area contributed by atoms with Gasteiger partial charge < -0.3 is 4.98 Å². The van der Waals surface area contributed by atoms with Gasteiger partial charge in [-0.25, -0.2) is 4.98 Å². The van der Waals surface area contributed by atoms with E-state index < -0.39 is 11.7 Å². The van der Waals surface area contributed by atoms with Gasteiger partial charge in [0.05, 0.1) is 5.56 Å². The second-order valence-electron chi connectivity index (χ2n) is 3.13. The normalized spacial score (nSPS) is 11.8. The summed E-state index contributed by atoms with van der Waals surface area (Å²) in [4.78, 5) is 6.79. The van der Waals surface area contributed by atoms with Crippen LogP contribution in [0.2, 0.25) is 0 Å². The van der Waals surface area contributed by atoms with Crippen molar-refractivity contribution in [3.63, 3.8) is 0 Å². The average Bonchev–Trinajstić information content (AvgIpc) is 2.68. The molecule has 84 valence electrons. The van der Waals surface area contributed by atoms with Crippen molar-refractivity contribution in [3.05, 3.63) is 40.6 Å². The summed E-state index contributed by atoms with van der Waals surface area (Å²) in [6.45, 7) is 0. The molecule has 0 saturated heterocycles. The highest BCUT2D eigenvalue weighted by molar-refractivity contribution is 9.10. The Labute approximate surface area is 97.6 Å². The number of nitrogens with one attached hydrogen (secondary N) is 1. The summed E-state index contributed by atoms with van der Waals surface area (Å²) in [5.74, 6) is 0.537. The first kappa shape index (κ1) is 11.2. The number of benzene rings is 1. The van der Waals surface area contributed by atoms with Crippen LogP contribution in [0.25, 0.3) is 11.4 Å². The fourth-order valence-corrected chi connectivity index (χ4v) is 1.92. The van der Waals surface area contributed by atoms with Gasteiger partial charge in [0.1, 0.15) is 5.82 Å². The van der Waals surface area contributed by atoms with Crippen LogP contribution in [0.15, 0.2) is 35.1 Å². The average molecular weight is 291 g/mol. The van der Waals surface area contributed by atoms with Crippen LogP contribution in [0.5, 0.6) is 0 Å². The van der Waals surface area contributed by atoms with Gasteiger partial charge >= 0.3 is 6.18 Å². The lowest BCUT2D eigenvalue weighted by Gasteiger charge is -2.09. The molecule has 0 spiro atoms. The monoisotopic (exact) mass is 290 g/mol. The molecule has 1 aromatic heterocycles. The Morgan fingerprint density at radius 2 is 2.00 bits per heavy atom. The van der Waals surface area contributed by atoms with E-state index >= 15 is 0 Å². The molecule has 16 heavy (non-hydrogen) atoms. The highest BCUT2D eigenvalue weighted by Gasteiger charge is 2.32. The fourth-order valence-electron chi connectivity index (χ4n) is 1.32. The molecule has 0 radical (unpaired) electrons. The van der Waals surface area contributed by atoms with Crippen molar-refractivity contribution in [2.45, 2.75) is 6.18 Å². The molecule has 1 heterocycles. The fraction of sp³-hybridized carbons (Fsp3) is 0.100. The first-order valence-corrected chi connectivity index (χ1v) is 5.14. The predicted octanol–water partition coefficient (Wildman–Crippen LogP) is 3.86. The molecule has 0 unspecified atom stereocenters. The third-order valence-electron chi connectivity index (χ3n) is 2.05.